The van der Waals surface area contributed by atoms with Crippen LogP contribution in [-0.4, -0.2) is 16.1 Å². The summed E-state index contributed by atoms with van der Waals surface area (Å²) in [6, 6.07) is 0. The summed E-state index contributed by atoms with van der Waals surface area (Å²) in [6.45, 7) is 5.14. The summed E-state index contributed by atoms with van der Waals surface area (Å²) < 4.78 is 0. The second kappa shape index (κ2) is 2.01. The van der Waals surface area contributed by atoms with Gasteiger partial charge in [0, 0.05) is 0 Å². The molecule has 0 bridgehead atoms. The maximum absolute atomic E-state index is 8.96. The quantitative estimate of drug-likeness (QED) is 0.521. The van der Waals surface area contributed by atoms with Crippen LogP contribution in [0.25, 0.3) is 0 Å². The first-order valence-electron chi connectivity index (χ1n) is 2.31. The smallest absolute Gasteiger partial charge is 0.0751 e. The van der Waals surface area contributed by atoms with Gasteiger partial charge in [0.15, 0.2) is 0 Å². The molecule has 0 fully saturated rings. The van der Waals surface area contributed by atoms with Crippen molar-refractivity contribution in [2.75, 3.05) is 0 Å². The SMILES string of the molecule is C[C@@H](Cl)C(C)(C)O. The molecule has 0 unspecified atom stereocenters. The Balaban J connectivity index is 3.54. The molecule has 0 heterocycles. The standard InChI is InChI=1S/C5H11ClO/c1-4(6)5(2,3)7/h4,7H,1-3H3/t4-/m1/s1. The molecule has 0 aliphatic carbocycles. The third-order valence-corrected chi connectivity index (χ3v) is 1.51. The van der Waals surface area contributed by atoms with Gasteiger partial charge >= 0.3 is 0 Å². The Kier molecular flexibility index (Phi) is 2.09. The lowest BCUT2D eigenvalue weighted by atomic mass is 10.1. The van der Waals surface area contributed by atoms with Gasteiger partial charge in [0.25, 0.3) is 0 Å². The van der Waals surface area contributed by atoms with Gasteiger partial charge in [-0.25, -0.2) is 0 Å². The van der Waals surface area contributed by atoms with E-state index in [-0.39, 0.29) is 5.38 Å². The zero-order valence-electron chi connectivity index (χ0n) is 4.90. The Bertz CT molecular complexity index is 53.6. The van der Waals surface area contributed by atoms with Crippen molar-refractivity contribution in [3.63, 3.8) is 0 Å². The Morgan fingerprint density at radius 2 is 1.71 bits per heavy atom. The second-order valence-electron chi connectivity index (χ2n) is 2.27. The molecule has 0 amide bonds. The first-order chi connectivity index (χ1) is 2.94. The van der Waals surface area contributed by atoms with E-state index in [2.05, 4.69) is 0 Å². The number of alkyl halides is 1. The van der Waals surface area contributed by atoms with Gasteiger partial charge in [-0.15, -0.1) is 11.6 Å². The van der Waals surface area contributed by atoms with E-state index < -0.39 is 5.60 Å². The predicted octanol–water partition coefficient (Wildman–Crippen LogP) is 1.38. The van der Waals surface area contributed by atoms with Crippen molar-refractivity contribution in [3.05, 3.63) is 0 Å². The number of aliphatic hydroxyl groups is 1. The first-order valence-corrected chi connectivity index (χ1v) is 2.74. The van der Waals surface area contributed by atoms with E-state index in [0.29, 0.717) is 0 Å². The van der Waals surface area contributed by atoms with Crippen molar-refractivity contribution in [2.24, 2.45) is 0 Å². The van der Waals surface area contributed by atoms with Crippen molar-refractivity contribution >= 4 is 11.6 Å². The summed E-state index contributed by atoms with van der Waals surface area (Å²) in [5.41, 5.74) is -0.735. The molecule has 0 rings (SSSR count). The van der Waals surface area contributed by atoms with Crippen LogP contribution in [0.4, 0.5) is 0 Å². The van der Waals surface area contributed by atoms with Crippen molar-refractivity contribution in [3.8, 4) is 0 Å². The topological polar surface area (TPSA) is 20.2 Å². The molecular formula is C5H11ClO. The zero-order chi connectivity index (χ0) is 6.08. The third kappa shape index (κ3) is 2.89. The van der Waals surface area contributed by atoms with Crippen molar-refractivity contribution in [1.29, 1.82) is 0 Å². The number of rotatable bonds is 1. The van der Waals surface area contributed by atoms with Gasteiger partial charge in [-0.2, -0.15) is 0 Å². The largest absolute Gasteiger partial charge is 0.389 e. The highest BCUT2D eigenvalue weighted by atomic mass is 35.5. The van der Waals surface area contributed by atoms with Crippen molar-refractivity contribution in [2.45, 2.75) is 31.7 Å². The minimum Gasteiger partial charge on any atom is -0.389 e. The average Bonchev–Trinajstić information content (AvgIpc) is 1.31. The minimum absolute atomic E-state index is 0.174. The van der Waals surface area contributed by atoms with E-state index >= 15 is 0 Å². The van der Waals surface area contributed by atoms with Crippen LogP contribution in [-0.2, 0) is 0 Å². The van der Waals surface area contributed by atoms with Crippen LogP contribution in [0.15, 0.2) is 0 Å². The summed E-state index contributed by atoms with van der Waals surface area (Å²) in [5, 5.41) is 8.79. The summed E-state index contributed by atoms with van der Waals surface area (Å²) in [4.78, 5) is 0. The van der Waals surface area contributed by atoms with Crippen LogP contribution in [0, 0.1) is 0 Å². The Labute approximate surface area is 49.3 Å². The summed E-state index contributed by atoms with van der Waals surface area (Å²) in [5.74, 6) is 0. The molecule has 0 aliphatic rings. The first kappa shape index (κ1) is 7.25. The summed E-state index contributed by atoms with van der Waals surface area (Å²) in [7, 11) is 0. The van der Waals surface area contributed by atoms with E-state index in [1.165, 1.54) is 0 Å². The fraction of sp³-hybridized carbons (Fsp3) is 1.00. The van der Waals surface area contributed by atoms with Gasteiger partial charge in [0.05, 0.1) is 11.0 Å². The highest BCUT2D eigenvalue weighted by Crippen LogP contribution is 2.12. The average molecular weight is 123 g/mol. The van der Waals surface area contributed by atoms with Gasteiger partial charge in [0.2, 0.25) is 0 Å². The van der Waals surface area contributed by atoms with E-state index in [1.807, 2.05) is 0 Å². The zero-order valence-corrected chi connectivity index (χ0v) is 5.66. The van der Waals surface area contributed by atoms with Crippen LogP contribution in [0.5, 0.6) is 0 Å². The number of halogens is 1. The molecule has 0 saturated heterocycles. The lowest BCUT2D eigenvalue weighted by Gasteiger charge is -2.18. The maximum Gasteiger partial charge on any atom is 0.0751 e. The fourth-order valence-corrected chi connectivity index (χ4v) is 0. The minimum atomic E-state index is -0.735. The molecule has 0 saturated carbocycles. The molecule has 44 valence electrons. The van der Waals surface area contributed by atoms with Gasteiger partial charge < -0.3 is 5.11 Å². The molecule has 1 N–H and O–H groups in total. The Morgan fingerprint density at radius 3 is 1.71 bits per heavy atom. The molecule has 2 heteroatoms. The number of hydrogen-bond donors (Lipinski definition) is 1. The van der Waals surface area contributed by atoms with Crippen LogP contribution in [0.1, 0.15) is 20.8 Å². The van der Waals surface area contributed by atoms with Crippen molar-refractivity contribution < 1.29 is 5.11 Å². The monoisotopic (exact) mass is 122 g/mol. The van der Waals surface area contributed by atoms with Crippen molar-refractivity contribution in [1.82, 2.24) is 0 Å². The van der Waals surface area contributed by atoms with Gasteiger partial charge in [0.1, 0.15) is 0 Å². The van der Waals surface area contributed by atoms with Gasteiger partial charge in [-0.05, 0) is 20.8 Å². The van der Waals surface area contributed by atoms with Gasteiger partial charge in [-0.1, -0.05) is 0 Å². The Morgan fingerprint density at radius 1 is 1.57 bits per heavy atom. The van der Waals surface area contributed by atoms with E-state index in [9.17, 15) is 0 Å². The summed E-state index contributed by atoms with van der Waals surface area (Å²) >= 11 is 5.50. The molecule has 0 aromatic carbocycles. The van der Waals surface area contributed by atoms with Crippen LogP contribution >= 0.6 is 11.6 Å². The molecule has 7 heavy (non-hydrogen) atoms. The lowest BCUT2D eigenvalue weighted by molar-refractivity contribution is 0.0803. The highest BCUT2D eigenvalue weighted by Gasteiger charge is 2.18. The molecule has 0 aromatic rings. The normalized spacial score (nSPS) is 16.7. The van der Waals surface area contributed by atoms with E-state index in [1.54, 1.807) is 20.8 Å². The third-order valence-electron chi connectivity index (χ3n) is 0.973. The highest BCUT2D eigenvalue weighted by molar-refractivity contribution is 6.21. The Hall–Kier alpha value is 0.250. The molecule has 0 aromatic heterocycles. The van der Waals surface area contributed by atoms with E-state index in [0.717, 1.165) is 0 Å². The van der Waals surface area contributed by atoms with Crippen LogP contribution in [0.3, 0.4) is 0 Å². The van der Waals surface area contributed by atoms with Crippen LogP contribution in [0.2, 0.25) is 0 Å². The molecule has 0 spiro atoms. The molecule has 0 aliphatic heterocycles. The maximum atomic E-state index is 8.96. The predicted molar refractivity (Wildman–Crippen MR) is 31.6 cm³/mol. The molecule has 1 atom stereocenters. The second-order valence-corrected chi connectivity index (χ2v) is 2.92. The molecular weight excluding hydrogens is 112 g/mol. The fourth-order valence-electron chi connectivity index (χ4n) is 0. The number of hydrogen-bond acceptors (Lipinski definition) is 1. The lowest BCUT2D eigenvalue weighted by Crippen LogP contribution is -2.28. The molecule has 0 radical (unpaired) electrons. The van der Waals surface area contributed by atoms with Crippen LogP contribution < -0.4 is 0 Å². The van der Waals surface area contributed by atoms with E-state index in [4.69, 9.17) is 16.7 Å². The molecule has 1 nitrogen and oxygen atoms in total. The van der Waals surface area contributed by atoms with Gasteiger partial charge in [-0.3, -0.25) is 0 Å². The summed E-state index contributed by atoms with van der Waals surface area (Å²) in [6.07, 6.45) is 0.